The van der Waals surface area contributed by atoms with Gasteiger partial charge < -0.3 is 9.47 Å². The van der Waals surface area contributed by atoms with Crippen LogP contribution in [0.4, 0.5) is 0 Å². The van der Waals surface area contributed by atoms with Crippen molar-refractivity contribution in [3.63, 3.8) is 0 Å². The van der Waals surface area contributed by atoms with Gasteiger partial charge >= 0.3 is 0 Å². The molecule has 0 saturated heterocycles. The van der Waals surface area contributed by atoms with E-state index in [4.69, 9.17) is 9.47 Å². The molecule has 3 heterocycles. The molecule has 3 aromatic heterocycles. The number of benzene rings is 1. The van der Waals surface area contributed by atoms with E-state index < -0.39 is 0 Å². The molecule has 0 unspecified atom stereocenters. The zero-order chi connectivity index (χ0) is 17.2. The van der Waals surface area contributed by atoms with Crippen LogP contribution < -0.4 is 9.47 Å². The molecule has 0 fully saturated rings. The van der Waals surface area contributed by atoms with Gasteiger partial charge in [-0.3, -0.25) is 4.98 Å². The molecule has 4 aromatic rings. The van der Waals surface area contributed by atoms with Crippen molar-refractivity contribution in [3.8, 4) is 22.9 Å². The lowest BCUT2D eigenvalue weighted by Gasteiger charge is -2.08. The third kappa shape index (κ3) is 2.91. The summed E-state index contributed by atoms with van der Waals surface area (Å²) >= 11 is 1.52. The van der Waals surface area contributed by atoms with Crippen LogP contribution in [-0.2, 0) is 6.42 Å². The first-order chi connectivity index (χ1) is 12.3. The number of pyridine rings is 1. The second-order valence-electron chi connectivity index (χ2n) is 5.32. The molecule has 0 saturated carbocycles. The maximum Gasteiger partial charge on any atom is 0.234 e. The van der Waals surface area contributed by atoms with Crippen LogP contribution in [0.5, 0.6) is 11.5 Å². The SMILES string of the molecule is COc1ccc(Cc2nn3c(-c4ccncc4)nnc3s2)cc1OC. The van der Waals surface area contributed by atoms with Gasteiger partial charge in [0, 0.05) is 24.4 Å². The molecule has 0 spiro atoms. The molecule has 0 radical (unpaired) electrons. The van der Waals surface area contributed by atoms with E-state index in [1.54, 1.807) is 31.1 Å². The molecule has 0 bridgehead atoms. The molecule has 0 aliphatic heterocycles. The summed E-state index contributed by atoms with van der Waals surface area (Å²) < 4.78 is 12.4. The predicted octanol–water partition coefficient (Wildman–Crippen LogP) is 2.86. The molecular weight excluding hydrogens is 338 g/mol. The van der Waals surface area contributed by atoms with E-state index in [0.717, 1.165) is 21.1 Å². The second-order valence-corrected chi connectivity index (χ2v) is 6.36. The topological polar surface area (TPSA) is 74.4 Å². The standard InChI is InChI=1S/C17H15N5O2S/c1-23-13-4-3-11(9-14(13)24-2)10-15-21-22-16(19-20-17(22)25-15)12-5-7-18-8-6-12/h3-9H,10H2,1-2H3. The summed E-state index contributed by atoms with van der Waals surface area (Å²) in [6.07, 6.45) is 4.14. The maximum atomic E-state index is 5.36. The number of ether oxygens (including phenoxy) is 2. The van der Waals surface area contributed by atoms with Gasteiger partial charge in [-0.05, 0) is 29.8 Å². The lowest BCUT2D eigenvalue weighted by Crippen LogP contribution is -1.95. The van der Waals surface area contributed by atoms with Gasteiger partial charge in [-0.15, -0.1) is 10.2 Å². The fourth-order valence-electron chi connectivity index (χ4n) is 2.57. The summed E-state index contributed by atoms with van der Waals surface area (Å²) in [5, 5.41) is 14.1. The summed E-state index contributed by atoms with van der Waals surface area (Å²) in [6, 6.07) is 9.66. The van der Waals surface area contributed by atoms with Crippen molar-refractivity contribution in [1.82, 2.24) is 24.8 Å². The molecule has 0 aliphatic rings. The van der Waals surface area contributed by atoms with Gasteiger partial charge in [-0.1, -0.05) is 17.4 Å². The van der Waals surface area contributed by atoms with Gasteiger partial charge in [-0.25, -0.2) is 0 Å². The van der Waals surface area contributed by atoms with E-state index in [0.29, 0.717) is 23.7 Å². The van der Waals surface area contributed by atoms with Crippen LogP contribution in [0.3, 0.4) is 0 Å². The third-order valence-electron chi connectivity index (χ3n) is 3.77. The van der Waals surface area contributed by atoms with Crippen LogP contribution in [0.25, 0.3) is 16.3 Å². The Morgan fingerprint density at radius 2 is 1.80 bits per heavy atom. The lowest BCUT2D eigenvalue weighted by molar-refractivity contribution is 0.354. The zero-order valence-corrected chi connectivity index (χ0v) is 14.5. The summed E-state index contributed by atoms with van der Waals surface area (Å²) in [7, 11) is 3.26. The van der Waals surface area contributed by atoms with Crippen molar-refractivity contribution in [2.24, 2.45) is 0 Å². The Balaban J connectivity index is 1.66. The average Bonchev–Trinajstić information content (AvgIpc) is 3.22. The highest BCUT2D eigenvalue weighted by Gasteiger charge is 2.14. The number of rotatable bonds is 5. The average molecular weight is 353 g/mol. The highest BCUT2D eigenvalue weighted by molar-refractivity contribution is 7.16. The Hall–Kier alpha value is -3.00. The first-order valence-corrected chi connectivity index (χ1v) is 8.42. The molecule has 0 aliphatic carbocycles. The second kappa shape index (κ2) is 6.48. The minimum atomic E-state index is 0.685. The summed E-state index contributed by atoms with van der Waals surface area (Å²) in [4.78, 5) is 4.80. The van der Waals surface area contributed by atoms with E-state index in [1.165, 1.54) is 11.3 Å². The van der Waals surface area contributed by atoms with Crippen LogP contribution >= 0.6 is 11.3 Å². The van der Waals surface area contributed by atoms with Crippen molar-refractivity contribution in [1.29, 1.82) is 0 Å². The van der Waals surface area contributed by atoms with Crippen molar-refractivity contribution in [3.05, 3.63) is 53.3 Å². The Morgan fingerprint density at radius 3 is 2.56 bits per heavy atom. The van der Waals surface area contributed by atoms with Crippen LogP contribution in [0.1, 0.15) is 10.6 Å². The Kier molecular flexibility index (Phi) is 4.02. The molecular formula is C17H15N5O2S. The van der Waals surface area contributed by atoms with Crippen molar-refractivity contribution in [2.45, 2.75) is 6.42 Å². The molecule has 1 aromatic carbocycles. The summed E-state index contributed by atoms with van der Waals surface area (Å²) in [5.74, 6) is 2.14. The maximum absolute atomic E-state index is 5.36. The van der Waals surface area contributed by atoms with E-state index in [2.05, 4.69) is 20.3 Å². The van der Waals surface area contributed by atoms with Crippen molar-refractivity contribution >= 4 is 16.3 Å². The van der Waals surface area contributed by atoms with Gasteiger partial charge in [0.15, 0.2) is 17.3 Å². The normalized spacial score (nSPS) is 11.0. The first-order valence-electron chi connectivity index (χ1n) is 7.61. The molecule has 25 heavy (non-hydrogen) atoms. The Morgan fingerprint density at radius 1 is 1.00 bits per heavy atom. The number of nitrogens with zero attached hydrogens (tertiary/aromatic N) is 5. The van der Waals surface area contributed by atoms with Crippen LogP contribution in [0.2, 0.25) is 0 Å². The summed E-state index contributed by atoms with van der Waals surface area (Å²) in [5.41, 5.74) is 2.03. The number of fused-ring (bicyclic) bond motifs is 1. The molecule has 8 heteroatoms. The smallest absolute Gasteiger partial charge is 0.234 e. The lowest BCUT2D eigenvalue weighted by atomic mass is 10.1. The summed E-state index contributed by atoms with van der Waals surface area (Å²) in [6.45, 7) is 0. The number of hydrogen-bond acceptors (Lipinski definition) is 7. The fourth-order valence-corrected chi connectivity index (χ4v) is 3.44. The minimum absolute atomic E-state index is 0.685. The van der Waals surface area contributed by atoms with Crippen molar-refractivity contribution < 1.29 is 9.47 Å². The van der Waals surface area contributed by atoms with Gasteiger partial charge in [0.05, 0.1) is 14.2 Å². The third-order valence-corrected chi connectivity index (χ3v) is 4.67. The van der Waals surface area contributed by atoms with E-state index in [1.807, 2.05) is 30.3 Å². The molecule has 4 rings (SSSR count). The van der Waals surface area contributed by atoms with E-state index >= 15 is 0 Å². The predicted molar refractivity (Wildman–Crippen MR) is 94.2 cm³/mol. The minimum Gasteiger partial charge on any atom is -0.493 e. The van der Waals surface area contributed by atoms with Gasteiger partial charge in [0.2, 0.25) is 4.96 Å². The quantitative estimate of drug-likeness (QED) is 0.549. The molecule has 126 valence electrons. The Bertz CT molecular complexity index is 1010. The van der Waals surface area contributed by atoms with Crippen molar-refractivity contribution in [2.75, 3.05) is 14.2 Å². The first kappa shape index (κ1) is 15.5. The van der Waals surface area contributed by atoms with E-state index in [9.17, 15) is 0 Å². The van der Waals surface area contributed by atoms with Crippen LogP contribution in [0.15, 0.2) is 42.7 Å². The molecule has 0 atom stereocenters. The van der Waals surface area contributed by atoms with Gasteiger partial charge in [0.1, 0.15) is 5.01 Å². The number of hydrogen-bond donors (Lipinski definition) is 0. The fraction of sp³-hybridized carbons (Fsp3) is 0.176. The van der Waals surface area contributed by atoms with Crippen LogP contribution in [0, 0.1) is 0 Å². The van der Waals surface area contributed by atoms with Crippen LogP contribution in [-0.4, -0.2) is 39.0 Å². The highest BCUT2D eigenvalue weighted by atomic mass is 32.1. The molecule has 0 N–H and O–H groups in total. The van der Waals surface area contributed by atoms with Gasteiger partial charge in [0.25, 0.3) is 0 Å². The molecule has 0 amide bonds. The number of aromatic nitrogens is 5. The Labute approximate surface area is 147 Å². The molecule has 7 nitrogen and oxygen atoms in total. The number of methoxy groups -OCH3 is 2. The highest BCUT2D eigenvalue weighted by Crippen LogP contribution is 2.29. The van der Waals surface area contributed by atoms with E-state index in [-0.39, 0.29) is 0 Å². The monoisotopic (exact) mass is 353 g/mol. The largest absolute Gasteiger partial charge is 0.493 e. The van der Waals surface area contributed by atoms with Gasteiger partial charge in [-0.2, -0.15) is 9.61 Å². The zero-order valence-electron chi connectivity index (χ0n) is 13.7.